The summed E-state index contributed by atoms with van der Waals surface area (Å²) in [5.74, 6) is -0.970. The van der Waals surface area contributed by atoms with E-state index < -0.39 is 5.97 Å². The minimum Gasteiger partial charge on any atom is -0.478 e. The molecule has 0 aliphatic rings. The summed E-state index contributed by atoms with van der Waals surface area (Å²) in [5.41, 5.74) is 1.70. The minimum atomic E-state index is -0.970. The lowest BCUT2D eigenvalue weighted by atomic mass is 10.2. The van der Waals surface area contributed by atoms with Crippen LogP contribution in [0, 0.1) is 0 Å². The van der Waals surface area contributed by atoms with Crippen LogP contribution in [0.2, 0.25) is 0 Å². The zero-order chi connectivity index (χ0) is 13.0. The fourth-order valence-corrected chi connectivity index (χ4v) is 1.58. The third-order valence-corrected chi connectivity index (χ3v) is 2.53. The Balaban J connectivity index is 1.98. The largest absolute Gasteiger partial charge is 0.478 e. The molecule has 0 amide bonds. The Bertz CT molecular complexity index is 538. The summed E-state index contributed by atoms with van der Waals surface area (Å²) in [4.78, 5) is 18.9. The average Bonchev–Trinajstić information content (AvgIpc) is 2.73. The molecule has 0 aromatic carbocycles. The van der Waals surface area contributed by atoms with E-state index in [2.05, 4.69) is 20.4 Å². The molecule has 0 atom stereocenters. The van der Waals surface area contributed by atoms with Gasteiger partial charge in [-0.25, -0.2) is 14.8 Å². The van der Waals surface area contributed by atoms with Gasteiger partial charge in [0, 0.05) is 26.3 Å². The highest BCUT2D eigenvalue weighted by molar-refractivity contribution is 5.88. The monoisotopic (exact) mass is 247 g/mol. The number of carbonyl (C=O) groups is 1. The lowest BCUT2D eigenvalue weighted by Gasteiger charge is -2.06. The van der Waals surface area contributed by atoms with E-state index in [4.69, 9.17) is 5.11 Å². The van der Waals surface area contributed by atoms with Crippen molar-refractivity contribution in [2.24, 2.45) is 7.05 Å². The van der Waals surface area contributed by atoms with Crippen molar-refractivity contribution in [3.63, 3.8) is 0 Å². The number of nitrogens with zero attached hydrogens (tertiary/aromatic N) is 4. The van der Waals surface area contributed by atoms with Crippen molar-refractivity contribution in [1.29, 1.82) is 0 Å². The van der Waals surface area contributed by atoms with Gasteiger partial charge in [-0.3, -0.25) is 4.68 Å². The topological polar surface area (TPSA) is 92.9 Å². The van der Waals surface area contributed by atoms with Gasteiger partial charge in [0.25, 0.3) is 0 Å². The van der Waals surface area contributed by atoms with Gasteiger partial charge in [-0.15, -0.1) is 0 Å². The molecule has 18 heavy (non-hydrogen) atoms. The number of aromatic nitrogens is 4. The van der Waals surface area contributed by atoms with E-state index in [9.17, 15) is 4.79 Å². The maximum Gasteiger partial charge on any atom is 0.339 e. The Hall–Kier alpha value is -2.28. The highest BCUT2D eigenvalue weighted by Crippen LogP contribution is 2.07. The van der Waals surface area contributed by atoms with Crippen LogP contribution in [-0.4, -0.2) is 30.8 Å². The number of carboxylic acids is 1. The van der Waals surface area contributed by atoms with Crippen LogP contribution in [0.1, 0.15) is 21.7 Å². The standard InChI is InChI=1S/C11H13N5O2/c1-16-10(9(5-15-16)11(17)18)6-13-4-8-2-3-12-7-14-8/h2-3,5,7,13H,4,6H2,1H3,(H,17,18). The molecular formula is C11H13N5O2. The van der Waals surface area contributed by atoms with Crippen LogP contribution in [-0.2, 0) is 20.1 Å². The predicted molar refractivity (Wildman–Crippen MR) is 62.7 cm³/mol. The molecule has 2 aromatic heterocycles. The molecule has 0 aliphatic heterocycles. The number of nitrogens with one attached hydrogen (secondary N) is 1. The molecule has 0 saturated heterocycles. The summed E-state index contributed by atoms with van der Waals surface area (Å²) in [5, 5.41) is 16.1. The van der Waals surface area contributed by atoms with Crippen LogP contribution in [0.4, 0.5) is 0 Å². The Morgan fingerprint density at radius 2 is 2.33 bits per heavy atom. The number of aromatic carboxylic acids is 1. The molecule has 2 aromatic rings. The highest BCUT2D eigenvalue weighted by Gasteiger charge is 2.14. The molecule has 7 nitrogen and oxygen atoms in total. The first kappa shape index (κ1) is 12.2. The summed E-state index contributed by atoms with van der Waals surface area (Å²) in [6.07, 6.45) is 4.49. The minimum absolute atomic E-state index is 0.215. The molecule has 0 spiro atoms. The van der Waals surface area contributed by atoms with Gasteiger partial charge in [0.15, 0.2) is 0 Å². The van der Waals surface area contributed by atoms with Crippen LogP contribution in [0.5, 0.6) is 0 Å². The van der Waals surface area contributed by atoms with E-state index >= 15 is 0 Å². The lowest BCUT2D eigenvalue weighted by molar-refractivity contribution is 0.0695. The fourth-order valence-electron chi connectivity index (χ4n) is 1.58. The van der Waals surface area contributed by atoms with Crippen molar-refractivity contribution < 1.29 is 9.90 Å². The summed E-state index contributed by atoms with van der Waals surface area (Å²) in [6.45, 7) is 0.967. The molecule has 0 unspecified atom stereocenters. The number of aryl methyl sites for hydroxylation is 1. The molecule has 0 radical (unpaired) electrons. The Morgan fingerprint density at radius 3 is 3.00 bits per heavy atom. The van der Waals surface area contributed by atoms with Gasteiger partial charge in [-0.05, 0) is 6.07 Å². The Labute approximate surface area is 104 Å². The van der Waals surface area contributed by atoms with Gasteiger partial charge in [-0.1, -0.05) is 0 Å². The first-order chi connectivity index (χ1) is 8.68. The van der Waals surface area contributed by atoms with Gasteiger partial charge in [-0.2, -0.15) is 5.10 Å². The number of hydrogen-bond donors (Lipinski definition) is 2. The number of carboxylic acid groups (broad SMARTS) is 1. The first-order valence-electron chi connectivity index (χ1n) is 5.38. The summed E-state index contributed by atoms with van der Waals surface area (Å²) >= 11 is 0. The van der Waals surface area contributed by atoms with Crippen molar-refractivity contribution in [3.8, 4) is 0 Å². The van der Waals surface area contributed by atoms with Gasteiger partial charge in [0.2, 0.25) is 0 Å². The molecule has 0 aliphatic carbocycles. The van der Waals surface area contributed by atoms with Crippen molar-refractivity contribution >= 4 is 5.97 Å². The van der Waals surface area contributed by atoms with Crippen LogP contribution in [0.15, 0.2) is 24.8 Å². The molecule has 2 rings (SSSR count). The zero-order valence-corrected chi connectivity index (χ0v) is 9.87. The SMILES string of the molecule is Cn1ncc(C(=O)O)c1CNCc1ccncn1. The lowest BCUT2D eigenvalue weighted by Crippen LogP contribution is -2.18. The average molecular weight is 247 g/mol. The first-order valence-corrected chi connectivity index (χ1v) is 5.38. The van der Waals surface area contributed by atoms with E-state index in [-0.39, 0.29) is 5.56 Å². The zero-order valence-electron chi connectivity index (χ0n) is 9.87. The quantitative estimate of drug-likeness (QED) is 0.784. The van der Waals surface area contributed by atoms with E-state index in [1.807, 2.05) is 0 Å². The smallest absolute Gasteiger partial charge is 0.339 e. The molecule has 7 heteroatoms. The summed E-state index contributed by atoms with van der Waals surface area (Å²) < 4.78 is 1.55. The third-order valence-electron chi connectivity index (χ3n) is 2.53. The van der Waals surface area contributed by atoms with Crippen LogP contribution < -0.4 is 5.32 Å². The van der Waals surface area contributed by atoms with Crippen molar-refractivity contribution in [2.75, 3.05) is 0 Å². The van der Waals surface area contributed by atoms with Crippen molar-refractivity contribution in [1.82, 2.24) is 25.1 Å². The van der Waals surface area contributed by atoms with Gasteiger partial charge in [0.1, 0.15) is 11.9 Å². The molecule has 0 saturated carbocycles. The molecular weight excluding hydrogens is 234 g/mol. The summed E-state index contributed by atoms with van der Waals surface area (Å²) in [6, 6.07) is 1.80. The molecule has 94 valence electrons. The number of hydrogen-bond acceptors (Lipinski definition) is 5. The molecule has 0 fully saturated rings. The van der Waals surface area contributed by atoms with Gasteiger partial charge < -0.3 is 10.4 Å². The second-order valence-corrected chi connectivity index (χ2v) is 3.74. The number of rotatable bonds is 5. The van der Waals surface area contributed by atoms with Gasteiger partial charge in [0.05, 0.1) is 17.6 Å². The van der Waals surface area contributed by atoms with E-state index in [0.717, 1.165) is 5.69 Å². The second-order valence-electron chi connectivity index (χ2n) is 3.74. The maximum atomic E-state index is 11.0. The predicted octanol–water partition coefficient (Wildman–Crippen LogP) is 0.198. The molecule has 2 N–H and O–H groups in total. The third kappa shape index (κ3) is 2.69. The molecule has 0 bridgehead atoms. The maximum absolute atomic E-state index is 11.0. The second kappa shape index (κ2) is 5.37. The van der Waals surface area contributed by atoms with E-state index in [1.165, 1.54) is 12.5 Å². The normalized spacial score (nSPS) is 10.5. The van der Waals surface area contributed by atoms with Crippen molar-refractivity contribution in [3.05, 3.63) is 41.7 Å². The van der Waals surface area contributed by atoms with Crippen molar-refractivity contribution in [2.45, 2.75) is 13.1 Å². The molecule has 2 heterocycles. The fraction of sp³-hybridized carbons (Fsp3) is 0.273. The highest BCUT2D eigenvalue weighted by atomic mass is 16.4. The van der Waals surface area contributed by atoms with Crippen LogP contribution in [0.25, 0.3) is 0 Å². The Morgan fingerprint density at radius 1 is 1.50 bits per heavy atom. The van der Waals surface area contributed by atoms with Gasteiger partial charge >= 0.3 is 5.97 Å². The van der Waals surface area contributed by atoms with Crippen LogP contribution >= 0.6 is 0 Å². The van der Waals surface area contributed by atoms with Crippen LogP contribution in [0.3, 0.4) is 0 Å². The Kier molecular flexibility index (Phi) is 3.63. The van der Waals surface area contributed by atoms with E-state index in [0.29, 0.717) is 18.8 Å². The summed E-state index contributed by atoms with van der Waals surface area (Å²) in [7, 11) is 1.72. The van der Waals surface area contributed by atoms with E-state index in [1.54, 1.807) is 24.0 Å².